The number of nitrogens with two attached hydrogens (primary N) is 1. The second-order valence-electron chi connectivity index (χ2n) is 6.57. The molecule has 2 N–H and O–H groups in total. The lowest BCUT2D eigenvalue weighted by Crippen LogP contribution is -2.62. The first-order valence-corrected chi connectivity index (χ1v) is 7.61. The summed E-state index contributed by atoms with van der Waals surface area (Å²) in [6.45, 7) is 6.75. The number of rotatable bonds is 3. The molecule has 0 radical (unpaired) electrons. The van der Waals surface area contributed by atoms with Crippen LogP contribution in [0.5, 0.6) is 0 Å². The zero-order valence-corrected chi connectivity index (χ0v) is 12.3. The SMILES string of the molecule is COC1CCCC(CN)(N2CC(C)CCC2C)C1. The molecule has 4 unspecified atom stereocenters. The van der Waals surface area contributed by atoms with Crippen LogP contribution in [-0.2, 0) is 4.74 Å². The van der Waals surface area contributed by atoms with E-state index in [0.29, 0.717) is 12.1 Å². The second kappa shape index (κ2) is 5.89. The predicted octanol–water partition coefficient (Wildman–Crippen LogP) is 2.39. The fraction of sp³-hybridized carbons (Fsp3) is 1.00. The molecule has 0 spiro atoms. The van der Waals surface area contributed by atoms with Gasteiger partial charge in [0.25, 0.3) is 0 Å². The fourth-order valence-corrected chi connectivity index (χ4v) is 4.00. The molecule has 0 aromatic carbocycles. The van der Waals surface area contributed by atoms with E-state index < -0.39 is 0 Å². The summed E-state index contributed by atoms with van der Waals surface area (Å²) in [6, 6.07) is 0.681. The Bertz CT molecular complexity index is 271. The van der Waals surface area contributed by atoms with E-state index in [1.165, 1.54) is 38.6 Å². The number of likely N-dealkylation sites (tertiary alicyclic amines) is 1. The smallest absolute Gasteiger partial charge is 0.0589 e. The zero-order chi connectivity index (χ0) is 13.2. The Morgan fingerprint density at radius 3 is 2.72 bits per heavy atom. The van der Waals surface area contributed by atoms with E-state index in [-0.39, 0.29) is 5.54 Å². The van der Waals surface area contributed by atoms with Gasteiger partial charge in [-0.15, -0.1) is 0 Å². The van der Waals surface area contributed by atoms with Crippen LogP contribution in [0.15, 0.2) is 0 Å². The number of nitrogens with zero attached hydrogens (tertiary/aromatic N) is 1. The van der Waals surface area contributed by atoms with Crippen LogP contribution in [0.1, 0.15) is 52.4 Å². The highest BCUT2D eigenvalue weighted by molar-refractivity contribution is 5.00. The molecule has 0 bridgehead atoms. The summed E-state index contributed by atoms with van der Waals surface area (Å²) in [5, 5.41) is 0. The molecule has 1 aliphatic heterocycles. The summed E-state index contributed by atoms with van der Waals surface area (Å²) in [5.41, 5.74) is 6.40. The van der Waals surface area contributed by atoms with Crippen LogP contribution in [0.2, 0.25) is 0 Å². The first kappa shape index (κ1) is 14.3. The summed E-state index contributed by atoms with van der Waals surface area (Å²) in [6.07, 6.45) is 7.93. The molecule has 106 valence electrons. The van der Waals surface area contributed by atoms with Crippen molar-refractivity contribution in [2.24, 2.45) is 11.7 Å². The standard InChI is InChI=1S/C15H30N2O/c1-12-6-7-13(2)17(10-12)15(11-16)8-4-5-14(9-15)18-3/h12-14H,4-11,16H2,1-3H3. The lowest BCUT2D eigenvalue weighted by atomic mass is 9.76. The van der Waals surface area contributed by atoms with E-state index in [1.807, 2.05) is 7.11 Å². The van der Waals surface area contributed by atoms with Gasteiger partial charge in [0.1, 0.15) is 0 Å². The Morgan fingerprint density at radius 2 is 2.06 bits per heavy atom. The third kappa shape index (κ3) is 2.73. The molecular formula is C15H30N2O. The van der Waals surface area contributed by atoms with Crippen molar-refractivity contribution in [3.63, 3.8) is 0 Å². The highest BCUT2D eigenvalue weighted by Gasteiger charge is 2.43. The Hall–Kier alpha value is -0.120. The van der Waals surface area contributed by atoms with E-state index in [9.17, 15) is 0 Å². The van der Waals surface area contributed by atoms with Gasteiger partial charge in [0.05, 0.1) is 6.10 Å². The number of ether oxygens (including phenoxy) is 1. The average Bonchev–Trinajstić information content (AvgIpc) is 2.41. The van der Waals surface area contributed by atoms with E-state index in [4.69, 9.17) is 10.5 Å². The minimum absolute atomic E-state index is 0.201. The average molecular weight is 254 g/mol. The van der Waals surface area contributed by atoms with Crippen LogP contribution >= 0.6 is 0 Å². The summed E-state index contributed by atoms with van der Waals surface area (Å²) >= 11 is 0. The van der Waals surface area contributed by atoms with Crippen molar-refractivity contribution in [1.29, 1.82) is 0 Å². The molecule has 4 atom stereocenters. The van der Waals surface area contributed by atoms with Gasteiger partial charge in [0.2, 0.25) is 0 Å². The normalized spacial score (nSPS) is 43.0. The van der Waals surface area contributed by atoms with Crippen molar-refractivity contribution in [2.75, 3.05) is 20.2 Å². The van der Waals surface area contributed by atoms with Crippen molar-refractivity contribution in [2.45, 2.75) is 70.1 Å². The first-order chi connectivity index (χ1) is 8.61. The maximum Gasteiger partial charge on any atom is 0.0589 e. The van der Waals surface area contributed by atoms with Crippen LogP contribution in [0.4, 0.5) is 0 Å². The van der Waals surface area contributed by atoms with Gasteiger partial charge >= 0.3 is 0 Å². The highest BCUT2D eigenvalue weighted by Crippen LogP contribution is 2.38. The first-order valence-electron chi connectivity index (χ1n) is 7.61. The van der Waals surface area contributed by atoms with E-state index in [2.05, 4.69) is 18.7 Å². The molecule has 1 saturated heterocycles. The van der Waals surface area contributed by atoms with E-state index >= 15 is 0 Å². The summed E-state index contributed by atoms with van der Waals surface area (Å²) in [7, 11) is 1.85. The van der Waals surface area contributed by atoms with Gasteiger partial charge in [-0.05, 0) is 51.4 Å². The van der Waals surface area contributed by atoms with Crippen molar-refractivity contribution in [3.8, 4) is 0 Å². The Balaban J connectivity index is 2.14. The minimum atomic E-state index is 0.201. The molecule has 1 saturated carbocycles. The number of methoxy groups -OCH3 is 1. The molecular weight excluding hydrogens is 224 g/mol. The Kier molecular flexibility index (Phi) is 4.68. The fourth-order valence-electron chi connectivity index (χ4n) is 4.00. The minimum Gasteiger partial charge on any atom is -0.381 e. The number of piperidine rings is 1. The molecule has 0 aromatic rings. The molecule has 2 aliphatic rings. The van der Waals surface area contributed by atoms with Crippen molar-refractivity contribution in [3.05, 3.63) is 0 Å². The Morgan fingerprint density at radius 1 is 1.28 bits per heavy atom. The summed E-state index contributed by atoms with van der Waals surface area (Å²) in [5.74, 6) is 0.813. The van der Waals surface area contributed by atoms with Gasteiger partial charge < -0.3 is 10.5 Å². The van der Waals surface area contributed by atoms with Crippen molar-refractivity contribution in [1.82, 2.24) is 4.90 Å². The maximum atomic E-state index is 6.20. The van der Waals surface area contributed by atoms with Gasteiger partial charge in [0, 0.05) is 31.8 Å². The maximum absolute atomic E-state index is 6.20. The van der Waals surface area contributed by atoms with E-state index in [0.717, 1.165) is 18.9 Å². The molecule has 18 heavy (non-hydrogen) atoms. The summed E-state index contributed by atoms with van der Waals surface area (Å²) in [4.78, 5) is 2.71. The molecule has 2 fully saturated rings. The van der Waals surface area contributed by atoms with Crippen LogP contribution in [0.3, 0.4) is 0 Å². The quantitative estimate of drug-likeness (QED) is 0.840. The third-order valence-corrected chi connectivity index (χ3v) is 5.22. The molecule has 3 nitrogen and oxygen atoms in total. The molecule has 1 heterocycles. The monoisotopic (exact) mass is 254 g/mol. The van der Waals surface area contributed by atoms with Gasteiger partial charge in [-0.3, -0.25) is 4.90 Å². The number of hydrogen-bond donors (Lipinski definition) is 1. The Labute approximate surface area is 112 Å². The highest BCUT2D eigenvalue weighted by atomic mass is 16.5. The lowest BCUT2D eigenvalue weighted by molar-refractivity contribution is -0.0565. The predicted molar refractivity (Wildman–Crippen MR) is 75.6 cm³/mol. The molecule has 1 aliphatic carbocycles. The van der Waals surface area contributed by atoms with Crippen molar-refractivity contribution >= 4 is 0 Å². The largest absolute Gasteiger partial charge is 0.381 e. The molecule has 3 heteroatoms. The zero-order valence-electron chi connectivity index (χ0n) is 12.3. The van der Waals surface area contributed by atoms with Crippen LogP contribution in [-0.4, -0.2) is 42.8 Å². The van der Waals surface area contributed by atoms with Crippen LogP contribution < -0.4 is 5.73 Å². The molecule has 2 rings (SSSR count). The van der Waals surface area contributed by atoms with Gasteiger partial charge in [-0.2, -0.15) is 0 Å². The third-order valence-electron chi connectivity index (χ3n) is 5.22. The second-order valence-corrected chi connectivity index (χ2v) is 6.57. The van der Waals surface area contributed by atoms with Crippen molar-refractivity contribution < 1.29 is 4.74 Å². The van der Waals surface area contributed by atoms with Gasteiger partial charge in [-0.1, -0.05) is 6.92 Å². The summed E-state index contributed by atoms with van der Waals surface area (Å²) < 4.78 is 5.62. The molecule has 0 aromatic heterocycles. The van der Waals surface area contributed by atoms with Gasteiger partial charge in [0.15, 0.2) is 0 Å². The lowest BCUT2D eigenvalue weighted by Gasteiger charge is -2.53. The molecule has 0 amide bonds. The topological polar surface area (TPSA) is 38.5 Å². The van der Waals surface area contributed by atoms with Gasteiger partial charge in [-0.25, -0.2) is 0 Å². The van der Waals surface area contributed by atoms with Crippen LogP contribution in [0, 0.1) is 5.92 Å². The van der Waals surface area contributed by atoms with E-state index in [1.54, 1.807) is 0 Å². The van der Waals surface area contributed by atoms with Crippen LogP contribution in [0.25, 0.3) is 0 Å². The number of hydrogen-bond acceptors (Lipinski definition) is 3.